The van der Waals surface area contributed by atoms with Crippen LogP contribution >= 0.6 is 0 Å². The second-order valence-corrected chi connectivity index (χ2v) is 6.80. The molecule has 100 valence electrons. The number of hydrogen-bond donors (Lipinski definition) is 1. The summed E-state index contributed by atoms with van der Waals surface area (Å²) in [6, 6.07) is 6.14. The van der Waals surface area contributed by atoms with E-state index in [0.717, 1.165) is 17.9 Å². The molecule has 1 nitrogen and oxygen atoms in total. The first-order valence-corrected chi connectivity index (χ1v) is 7.29. The first kappa shape index (κ1) is 13.5. The van der Waals surface area contributed by atoms with E-state index in [-0.39, 0.29) is 5.41 Å². The minimum absolute atomic E-state index is 0.162. The highest BCUT2D eigenvalue weighted by Crippen LogP contribution is 2.32. The maximum absolute atomic E-state index is 10.0. The van der Waals surface area contributed by atoms with Crippen molar-refractivity contribution < 1.29 is 5.11 Å². The quantitative estimate of drug-likeness (QED) is 0.793. The predicted octanol–water partition coefficient (Wildman–Crippen LogP) is 4.81. The molecule has 0 radical (unpaired) electrons. The Morgan fingerprint density at radius 1 is 1.11 bits per heavy atom. The first-order chi connectivity index (χ1) is 8.47. The van der Waals surface area contributed by atoms with Crippen LogP contribution in [0.2, 0.25) is 0 Å². The van der Waals surface area contributed by atoms with E-state index in [2.05, 4.69) is 32.9 Å². The van der Waals surface area contributed by atoms with Gasteiger partial charge in [0.1, 0.15) is 5.75 Å². The topological polar surface area (TPSA) is 20.2 Å². The third-order valence-corrected chi connectivity index (χ3v) is 4.18. The number of phenolic OH excluding ortho intramolecular Hbond substituents is 1. The van der Waals surface area contributed by atoms with Gasteiger partial charge in [-0.1, -0.05) is 65.0 Å². The van der Waals surface area contributed by atoms with Crippen LogP contribution in [0.25, 0.3) is 0 Å². The average Bonchev–Trinajstić information content (AvgIpc) is 2.32. The fraction of sp³-hybridized carbons (Fsp3) is 0.647. The summed E-state index contributed by atoms with van der Waals surface area (Å²) in [6.07, 6.45) is 7.84. The molecule has 18 heavy (non-hydrogen) atoms. The minimum atomic E-state index is 0.162. The van der Waals surface area contributed by atoms with Crippen molar-refractivity contribution in [1.29, 1.82) is 0 Å². The highest BCUT2D eigenvalue weighted by Gasteiger charge is 2.19. The van der Waals surface area contributed by atoms with Gasteiger partial charge in [-0.15, -0.1) is 0 Å². The van der Waals surface area contributed by atoms with Crippen molar-refractivity contribution in [3.8, 4) is 5.75 Å². The van der Waals surface area contributed by atoms with Gasteiger partial charge in [0, 0.05) is 0 Å². The molecule has 0 amide bonds. The molecular formula is C17H26O. The largest absolute Gasteiger partial charge is 0.508 e. The molecule has 1 aliphatic carbocycles. The van der Waals surface area contributed by atoms with Crippen LogP contribution in [0.3, 0.4) is 0 Å². The molecule has 0 spiro atoms. The van der Waals surface area contributed by atoms with Crippen LogP contribution in [0, 0.1) is 5.92 Å². The lowest BCUT2D eigenvalue weighted by Crippen LogP contribution is -2.13. The van der Waals surface area contributed by atoms with Crippen LogP contribution < -0.4 is 0 Å². The lowest BCUT2D eigenvalue weighted by atomic mass is 9.82. The van der Waals surface area contributed by atoms with E-state index >= 15 is 0 Å². The van der Waals surface area contributed by atoms with E-state index < -0.39 is 0 Å². The molecule has 0 unspecified atom stereocenters. The van der Waals surface area contributed by atoms with Crippen LogP contribution in [0.1, 0.15) is 64.0 Å². The van der Waals surface area contributed by atoms with Gasteiger partial charge in [-0.05, 0) is 34.9 Å². The van der Waals surface area contributed by atoms with Crippen molar-refractivity contribution in [3.05, 3.63) is 29.3 Å². The zero-order chi connectivity index (χ0) is 13.2. The summed E-state index contributed by atoms with van der Waals surface area (Å²) in [6.45, 7) is 6.68. The third kappa shape index (κ3) is 3.28. The Balaban J connectivity index is 2.15. The number of aromatic hydroxyl groups is 1. The van der Waals surface area contributed by atoms with Gasteiger partial charge in [-0.2, -0.15) is 0 Å². The summed E-state index contributed by atoms with van der Waals surface area (Å²) in [5, 5.41) is 10.0. The Hall–Kier alpha value is -0.980. The standard InChI is InChI=1S/C17H26O/c1-17(2,3)15-9-10-16(18)14(12-15)11-13-7-5-4-6-8-13/h9-10,12-13,18H,4-8,11H2,1-3H3. The van der Waals surface area contributed by atoms with Gasteiger partial charge in [-0.3, -0.25) is 0 Å². The maximum atomic E-state index is 10.0. The Labute approximate surface area is 111 Å². The van der Waals surface area contributed by atoms with Crippen molar-refractivity contribution in [2.24, 2.45) is 5.92 Å². The first-order valence-electron chi connectivity index (χ1n) is 7.29. The Morgan fingerprint density at radius 2 is 1.78 bits per heavy atom. The Bertz CT molecular complexity index is 395. The van der Waals surface area contributed by atoms with Crippen molar-refractivity contribution in [2.45, 2.75) is 64.7 Å². The second kappa shape index (κ2) is 5.34. The molecule has 1 heteroatoms. The number of rotatable bonds is 2. The molecule has 0 aromatic heterocycles. The Morgan fingerprint density at radius 3 is 2.39 bits per heavy atom. The average molecular weight is 246 g/mol. The van der Waals surface area contributed by atoms with E-state index in [9.17, 15) is 5.11 Å². The molecule has 0 aliphatic heterocycles. The summed E-state index contributed by atoms with van der Waals surface area (Å²) in [5.74, 6) is 1.26. The summed E-state index contributed by atoms with van der Waals surface area (Å²) in [5.41, 5.74) is 2.63. The van der Waals surface area contributed by atoms with Crippen molar-refractivity contribution >= 4 is 0 Å². The summed E-state index contributed by atoms with van der Waals surface area (Å²) >= 11 is 0. The van der Waals surface area contributed by atoms with Gasteiger partial charge >= 0.3 is 0 Å². The molecule has 1 aromatic carbocycles. The normalized spacial score (nSPS) is 17.9. The van der Waals surface area contributed by atoms with E-state index in [1.165, 1.54) is 37.7 Å². The van der Waals surface area contributed by atoms with Crippen molar-refractivity contribution in [3.63, 3.8) is 0 Å². The van der Waals surface area contributed by atoms with Gasteiger partial charge in [0.15, 0.2) is 0 Å². The summed E-state index contributed by atoms with van der Waals surface area (Å²) in [7, 11) is 0. The molecule has 1 N–H and O–H groups in total. The molecular weight excluding hydrogens is 220 g/mol. The third-order valence-electron chi connectivity index (χ3n) is 4.18. The van der Waals surface area contributed by atoms with Gasteiger partial charge in [-0.25, -0.2) is 0 Å². The molecule has 1 aliphatic rings. The van der Waals surface area contributed by atoms with Crippen LogP contribution in [0.5, 0.6) is 5.75 Å². The zero-order valence-electron chi connectivity index (χ0n) is 12.0. The lowest BCUT2D eigenvalue weighted by molar-refractivity contribution is 0.351. The predicted molar refractivity (Wildman–Crippen MR) is 77.1 cm³/mol. The SMILES string of the molecule is CC(C)(C)c1ccc(O)c(CC2CCCCC2)c1. The number of benzene rings is 1. The molecule has 0 heterocycles. The van der Waals surface area contributed by atoms with E-state index in [4.69, 9.17) is 0 Å². The second-order valence-electron chi connectivity index (χ2n) is 6.80. The van der Waals surface area contributed by atoms with Gasteiger partial charge in [0.05, 0.1) is 0 Å². The molecule has 0 atom stereocenters. The Kier molecular flexibility index (Phi) is 3.99. The van der Waals surface area contributed by atoms with E-state index in [1.54, 1.807) is 0 Å². The fourth-order valence-electron chi connectivity index (χ4n) is 2.92. The van der Waals surface area contributed by atoms with Crippen LogP contribution in [-0.2, 0) is 11.8 Å². The van der Waals surface area contributed by atoms with Crippen LogP contribution in [0.4, 0.5) is 0 Å². The molecule has 2 rings (SSSR count). The smallest absolute Gasteiger partial charge is 0.118 e. The lowest BCUT2D eigenvalue weighted by Gasteiger charge is -2.24. The van der Waals surface area contributed by atoms with Crippen molar-refractivity contribution in [2.75, 3.05) is 0 Å². The number of phenols is 1. The highest BCUT2D eigenvalue weighted by molar-refractivity contribution is 5.39. The van der Waals surface area contributed by atoms with Crippen molar-refractivity contribution in [1.82, 2.24) is 0 Å². The molecule has 0 saturated heterocycles. The zero-order valence-corrected chi connectivity index (χ0v) is 12.0. The summed E-state index contributed by atoms with van der Waals surface area (Å²) in [4.78, 5) is 0. The number of hydrogen-bond acceptors (Lipinski definition) is 1. The van der Waals surface area contributed by atoms with Crippen LogP contribution in [-0.4, -0.2) is 5.11 Å². The molecule has 0 bridgehead atoms. The van der Waals surface area contributed by atoms with Gasteiger partial charge in [0.25, 0.3) is 0 Å². The summed E-state index contributed by atoms with van der Waals surface area (Å²) < 4.78 is 0. The molecule has 1 fully saturated rings. The van der Waals surface area contributed by atoms with Gasteiger partial charge < -0.3 is 5.11 Å². The van der Waals surface area contributed by atoms with Gasteiger partial charge in [0.2, 0.25) is 0 Å². The highest BCUT2D eigenvalue weighted by atomic mass is 16.3. The monoisotopic (exact) mass is 246 g/mol. The minimum Gasteiger partial charge on any atom is -0.508 e. The van der Waals surface area contributed by atoms with E-state index in [1.807, 2.05) is 6.07 Å². The van der Waals surface area contributed by atoms with E-state index in [0.29, 0.717) is 5.75 Å². The van der Waals surface area contributed by atoms with Crippen LogP contribution in [0.15, 0.2) is 18.2 Å². The molecule has 1 aromatic rings. The molecule has 1 saturated carbocycles. The maximum Gasteiger partial charge on any atom is 0.118 e. The fourth-order valence-corrected chi connectivity index (χ4v) is 2.92.